The van der Waals surface area contributed by atoms with Crippen LogP contribution < -0.4 is 20.7 Å². The van der Waals surface area contributed by atoms with Gasteiger partial charge in [0.25, 0.3) is 11.4 Å². The highest BCUT2D eigenvalue weighted by Gasteiger charge is 2.40. The molecule has 1 aliphatic heterocycles. The molecule has 0 unspecified atom stereocenters. The zero-order chi connectivity index (χ0) is 15.4. The summed E-state index contributed by atoms with van der Waals surface area (Å²) < 4.78 is 17.8. The van der Waals surface area contributed by atoms with Gasteiger partial charge < -0.3 is 19.0 Å². The van der Waals surface area contributed by atoms with Crippen molar-refractivity contribution in [3.05, 3.63) is 37.3 Å². The Labute approximate surface area is 126 Å². The van der Waals surface area contributed by atoms with E-state index in [2.05, 4.69) is 20.9 Å². The summed E-state index contributed by atoms with van der Waals surface area (Å²) in [4.78, 5) is 25.4. The Morgan fingerprint density at radius 3 is 2.67 bits per heavy atom. The third kappa shape index (κ3) is 2.18. The lowest BCUT2D eigenvalue weighted by Gasteiger charge is -2.17. The molecule has 2 aromatic rings. The van der Waals surface area contributed by atoms with E-state index in [0.29, 0.717) is 0 Å². The lowest BCUT2D eigenvalue weighted by Crippen LogP contribution is -2.31. The number of fused-ring (bicyclic) bond motifs is 1. The van der Waals surface area contributed by atoms with E-state index in [1.165, 1.54) is 6.20 Å². The Kier molecular flexibility index (Phi) is 2.99. The van der Waals surface area contributed by atoms with E-state index in [0.717, 1.165) is 4.57 Å². The van der Waals surface area contributed by atoms with Crippen molar-refractivity contribution in [2.75, 3.05) is 0 Å². The smallest absolute Gasteiger partial charge is 0.335 e. The lowest BCUT2D eigenvalue weighted by molar-refractivity contribution is -0.0474. The van der Waals surface area contributed by atoms with E-state index >= 15 is 0 Å². The largest absolute Gasteiger partial charge is 0.445 e. The van der Waals surface area contributed by atoms with Crippen molar-refractivity contribution in [2.24, 2.45) is 0 Å². The first-order chi connectivity index (χ1) is 9.82. The fourth-order valence-corrected chi connectivity index (χ4v) is 2.30. The minimum absolute atomic E-state index is 0.0292. The predicted molar refractivity (Wildman–Crippen MR) is 73.9 cm³/mol. The molecule has 8 nitrogen and oxygen atoms in total. The normalized spacial score (nSPS) is 15.4. The Balaban J connectivity index is 2.24. The van der Waals surface area contributed by atoms with Gasteiger partial charge in [-0.05, 0) is 15.9 Å². The molecule has 0 saturated heterocycles. The van der Waals surface area contributed by atoms with Gasteiger partial charge in [-0.3, -0.25) is 9.78 Å². The van der Waals surface area contributed by atoms with Gasteiger partial charge in [0, 0.05) is 20.0 Å². The van der Waals surface area contributed by atoms with Crippen molar-refractivity contribution >= 4 is 15.9 Å². The highest BCUT2D eigenvalue weighted by atomic mass is 79.9. The number of aromatic nitrogens is 2. The summed E-state index contributed by atoms with van der Waals surface area (Å²) in [6.07, 6.45) is 1.26. The molecule has 0 aromatic carbocycles. The van der Waals surface area contributed by atoms with Crippen molar-refractivity contribution < 1.29 is 19.0 Å². The van der Waals surface area contributed by atoms with Crippen molar-refractivity contribution in [1.82, 2.24) is 9.55 Å². The molecule has 3 rings (SSSR count). The third-order valence-corrected chi connectivity index (χ3v) is 3.40. The summed E-state index contributed by atoms with van der Waals surface area (Å²) >= 11 is 3.04. The lowest BCUT2D eigenvalue weighted by atomic mass is 10.4. The molecular weight excluding hydrogens is 348 g/mol. The van der Waals surface area contributed by atoms with Crippen LogP contribution in [0.5, 0.6) is 11.5 Å². The first kappa shape index (κ1) is 14.0. The minimum Gasteiger partial charge on any atom is -0.445 e. The number of hydrogen-bond donors (Lipinski definition) is 2. The van der Waals surface area contributed by atoms with Gasteiger partial charge in [0.2, 0.25) is 17.3 Å². The van der Waals surface area contributed by atoms with Crippen molar-refractivity contribution in [2.45, 2.75) is 26.2 Å². The van der Waals surface area contributed by atoms with Gasteiger partial charge in [0.1, 0.15) is 6.61 Å². The average Bonchev–Trinajstić information content (AvgIpc) is 2.87. The van der Waals surface area contributed by atoms with Crippen molar-refractivity contribution in [3.8, 4) is 17.4 Å². The van der Waals surface area contributed by atoms with E-state index < -0.39 is 23.6 Å². The van der Waals surface area contributed by atoms with Crippen LogP contribution in [-0.4, -0.2) is 20.4 Å². The number of hydrogen-bond acceptors (Lipinski definition) is 6. The number of aliphatic hydroxyl groups excluding tert-OH is 1. The zero-order valence-electron chi connectivity index (χ0n) is 11.1. The van der Waals surface area contributed by atoms with Crippen LogP contribution in [0.1, 0.15) is 19.6 Å². The third-order valence-electron chi connectivity index (χ3n) is 2.83. The number of aliphatic hydroxyl groups is 1. The van der Waals surface area contributed by atoms with Crippen LogP contribution in [0, 0.1) is 0 Å². The highest BCUT2D eigenvalue weighted by Crippen LogP contribution is 2.48. The molecule has 0 bridgehead atoms. The number of nitrogens with zero attached hydrogens (tertiary/aromatic N) is 1. The summed E-state index contributed by atoms with van der Waals surface area (Å²) in [6.45, 7) is 2.95. The molecule has 9 heteroatoms. The molecule has 0 fully saturated rings. The van der Waals surface area contributed by atoms with Crippen LogP contribution in [0.3, 0.4) is 0 Å². The number of rotatable bonds is 2. The van der Waals surface area contributed by atoms with Crippen LogP contribution >= 0.6 is 15.9 Å². The summed E-state index contributed by atoms with van der Waals surface area (Å²) in [5.74, 6) is -0.332. The molecule has 0 amide bonds. The van der Waals surface area contributed by atoms with Crippen LogP contribution in [0.2, 0.25) is 0 Å². The Morgan fingerprint density at radius 2 is 2.00 bits per heavy atom. The zero-order valence-corrected chi connectivity index (χ0v) is 12.7. The number of nitrogens with one attached hydrogen (secondary N) is 1. The summed E-state index contributed by atoms with van der Waals surface area (Å²) in [5.41, 5.74) is -1.25. The maximum atomic E-state index is 11.9. The Bertz CT molecular complexity index is 831. The van der Waals surface area contributed by atoms with E-state index in [1.807, 2.05) is 0 Å². The number of H-pyrrole nitrogens is 1. The molecular formula is C12H11BrN2O6. The minimum atomic E-state index is -0.941. The van der Waals surface area contributed by atoms with Gasteiger partial charge in [-0.1, -0.05) is 0 Å². The summed E-state index contributed by atoms with van der Waals surface area (Å²) in [5, 5.41) is 9.32. The summed E-state index contributed by atoms with van der Waals surface area (Å²) in [7, 11) is 0. The molecule has 3 heterocycles. The Hall–Kier alpha value is -2.00. The topological polar surface area (TPSA) is 107 Å². The molecule has 2 aromatic heterocycles. The molecule has 0 aliphatic carbocycles. The van der Waals surface area contributed by atoms with Gasteiger partial charge in [0.15, 0.2) is 5.76 Å². The second-order valence-corrected chi connectivity index (χ2v) is 5.71. The average molecular weight is 359 g/mol. The van der Waals surface area contributed by atoms with Gasteiger partial charge in [0.05, 0.1) is 4.47 Å². The fraction of sp³-hybridized carbons (Fsp3) is 0.333. The van der Waals surface area contributed by atoms with Crippen LogP contribution in [0.25, 0.3) is 5.88 Å². The molecule has 2 N–H and O–H groups in total. The number of halogens is 1. The molecule has 112 valence electrons. The summed E-state index contributed by atoms with van der Waals surface area (Å²) in [6, 6.07) is 0. The molecule has 21 heavy (non-hydrogen) atoms. The van der Waals surface area contributed by atoms with Gasteiger partial charge in [-0.2, -0.15) is 0 Å². The molecule has 0 radical (unpaired) electrons. The molecule has 0 atom stereocenters. The van der Waals surface area contributed by atoms with Gasteiger partial charge in [-0.15, -0.1) is 0 Å². The van der Waals surface area contributed by atoms with Crippen LogP contribution in [0.15, 0.2) is 24.7 Å². The van der Waals surface area contributed by atoms with E-state index in [-0.39, 0.29) is 27.6 Å². The quantitative estimate of drug-likeness (QED) is 0.825. The fourth-order valence-electron chi connectivity index (χ4n) is 2.00. The van der Waals surface area contributed by atoms with Crippen molar-refractivity contribution in [3.63, 3.8) is 0 Å². The maximum Gasteiger partial charge on any atom is 0.335 e. The van der Waals surface area contributed by atoms with Crippen LogP contribution in [0.4, 0.5) is 0 Å². The standard InChI is InChI=1S/C12H11BrN2O6/c1-12(2)20-7-6(4-16)19-10(8(7)21-12)15-3-5(13)9(17)14-11(15)18/h3,16H,4H2,1-2H3,(H,14,17,18). The predicted octanol–water partition coefficient (Wildman–Crippen LogP) is 0.881. The Morgan fingerprint density at radius 1 is 1.33 bits per heavy atom. The van der Waals surface area contributed by atoms with E-state index in [4.69, 9.17) is 13.9 Å². The van der Waals surface area contributed by atoms with E-state index in [1.54, 1.807) is 13.8 Å². The highest BCUT2D eigenvalue weighted by molar-refractivity contribution is 9.10. The molecule has 0 saturated carbocycles. The second-order valence-electron chi connectivity index (χ2n) is 4.86. The number of furan rings is 1. The first-order valence-electron chi connectivity index (χ1n) is 5.99. The van der Waals surface area contributed by atoms with Crippen molar-refractivity contribution in [1.29, 1.82) is 0 Å². The van der Waals surface area contributed by atoms with Crippen LogP contribution in [-0.2, 0) is 6.61 Å². The van der Waals surface area contributed by atoms with Gasteiger partial charge in [-0.25, -0.2) is 9.36 Å². The molecule has 0 spiro atoms. The van der Waals surface area contributed by atoms with Gasteiger partial charge >= 0.3 is 5.69 Å². The maximum absolute atomic E-state index is 11.9. The molecule has 1 aliphatic rings. The number of aromatic amines is 1. The SMILES string of the molecule is CC1(C)Oc2c(CO)oc(-n3cc(Br)c(=O)[nH]c3=O)c2O1. The van der Waals surface area contributed by atoms with E-state index in [9.17, 15) is 14.7 Å². The monoisotopic (exact) mass is 358 g/mol. The number of ether oxygens (including phenoxy) is 2. The second kappa shape index (κ2) is 4.50. The first-order valence-corrected chi connectivity index (χ1v) is 6.78.